The van der Waals surface area contributed by atoms with Crippen LogP contribution in [0, 0.1) is 0 Å². The smallest absolute Gasteiger partial charge is 0.253 e. The number of hydrogen-bond acceptors (Lipinski definition) is 6. The summed E-state index contributed by atoms with van der Waals surface area (Å²) < 4.78 is 23.5. The van der Waals surface area contributed by atoms with Crippen molar-refractivity contribution in [1.82, 2.24) is 19.9 Å². The summed E-state index contributed by atoms with van der Waals surface area (Å²) in [5.74, 6) is -0.0769. The number of benzene rings is 2. The third-order valence-electron chi connectivity index (χ3n) is 5.83. The van der Waals surface area contributed by atoms with E-state index in [1.807, 2.05) is 36.4 Å². The van der Waals surface area contributed by atoms with E-state index in [0.29, 0.717) is 41.3 Å². The van der Waals surface area contributed by atoms with Gasteiger partial charge in [-0.1, -0.05) is 48.0 Å². The van der Waals surface area contributed by atoms with Crippen LogP contribution in [0.5, 0.6) is 0 Å². The number of carbonyl (C=O) groups excluding carboxylic acids is 1. The van der Waals surface area contributed by atoms with Crippen molar-refractivity contribution in [3.8, 4) is 22.4 Å². The van der Waals surface area contributed by atoms with Crippen molar-refractivity contribution in [2.45, 2.75) is 17.7 Å². The van der Waals surface area contributed by atoms with E-state index in [-0.39, 0.29) is 16.7 Å². The summed E-state index contributed by atoms with van der Waals surface area (Å²) in [6.07, 6.45) is 1.24. The lowest BCUT2D eigenvalue weighted by molar-refractivity contribution is 0.0765. The fraction of sp³-hybridized carbons (Fsp3) is 0.208. The van der Waals surface area contributed by atoms with Crippen molar-refractivity contribution in [3.63, 3.8) is 0 Å². The predicted molar refractivity (Wildman–Crippen MR) is 129 cm³/mol. The summed E-state index contributed by atoms with van der Waals surface area (Å²) >= 11 is 6.42. The van der Waals surface area contributed by atoms with Gasteiger partial charge in [0.05, 0.1) is 22.3 Å². The highest BCUT2D eigenvalue weighted by atomic mass is 35.5. The molecule has 1 aliphatic heterocycles. The van der Waals surface area contributed by atoms with Crippen molar-refractivity contribution in [1.29, 1.82) is 0 Å². The predicted octanol–water partition coefficient (Wildman–Crippen LogP) is 3.56. The molecule has 0 bridgehead atoms. The number of hydrogen-bond donors (Lipinski definition) is 2. The first-order valence-electron chi connectivity index (χ1n) is 10.6. The van der Waals surface area contributed by atoms with Crippen molar-refractivity contribution in [2.75, 3.05) is 19.3 Å². The number of aliphatic hydroxyl groups excluding tert-OH is 1. The molecule has 0 radical (unpaired) electrons. The molecule has 1 aliphatic rings. The SMILES string of the molecule is CS(=O)(=O)c1nc2nc(-c3ccc(-c4ccc(C(=O)N5CC[C@@H](O)C5)cc4)cc3)c(Cl)cc2[nH]1. The number of β-amino-alcohol motifs (C(OH)–C–C–N with tert-alkyl or cyclic N) is 1. The van der Waals surface area contributed by atoms with E-state index >= 15 is 0 Å². The third kappa shape index (κ3) is 4.29. The highest BCUT2D eigenvalue weighted by Gasteiger charge is 2.25. The van der Waals surface area contributed by atoms with Gasteiger partial charge in [0.15, 0.2) is 5.65 Å². The van der Waals surface area contributed by atoms with Gasteiger partial charge in [0.2, 0.25) is 15.0 Å². The molecule has 0 spiro atoms. The van der Waals surface area contributed by atoms with Crippen molar-refractivity contribution < 1.29 is 18.3 Å². The van der Waals surface area contributed by atoms with Gasteiger partial charge in [-0.2, -0.15) is 4.98 Å². The first-order valence-corrected chi connectivity index (χ1v) is 12.9. The zero-order chi connectivity index (χ0) is 24.0. The number of amides is 1. The minimum Gasteiger partial charge on any atom is -0.391 e. The molecular weight excluding hydrogens is 476 g/mol. The van der Waals surface area contributed by atoms with Crippen molar-refractivity contribution in [3.05, 3.63) is 65.2 Å². The number of nitrogens with one attached hydrogen (secondary N) is 1. The van der Waals surface area contributed by atoms with Gasteiger partial charge in [-0.05, 0) is 35.7 Å². The van der Waals surface area contributed by atoms with Gasteiger partial charge in [-0.15, -0.1) is 0 Å². The lowest BCUT2D eigenvalue weighted by atomic mass is 10.0. The number of pyridine rings is 1. The molecule has 2 aromatic heterocycles. The van der Waals surface area contributed by atoms with Crippen LogP contribution in [0.15, 0.2) is 59.8 Å². The topological polar surface area (TPSA) is 116 Å². The van der Waals surface area contributed by atoms with Gasteiger partial charge in [0.25, 0.3) is 5.91 Å². The number of fused-ring (bicyclic) bond motifs is 1. The quantitative estimate of drug-likeness (QED) is 0.446. The lowest BCUT2D eigenvalue weighted by Crippen LogP contribution is -2.29. The van der Waals surface area contributed by atoms with Crippen LogP contribution in [0.2, 0.25) is 5.02 Å². The van der Waals surface area contributed by atoms with Crippen LogP contribution in [0.3, 0.4) is 0 Å². The van der Waals surface area contributed by atoms with E-state index < -0.39 is 15.9 Å². The first kappa shape index (κ1) is 22.5. The summed E-state index contributed by atoms with van der Waals surface area (Å²) in [4.78, 5) is 25.5. The summed E-state index contributed by atoms with van der Waals surface area (Å²) in [6.45, 7) is 0.942. The molecule has 0 aliphatic carbocycles. The Morgan fingerprint density at radius 1 is 1.06 bits per heavy atom. The van der Waals surface area contributed by atoms with Crippen LogP contribution >= 0.6 is 11.6 Å². The van der Waals surface area contributed by atoms with Gasteiger partial charge in [-0.25, -0.2) is 13.4 Å². The molecule has 1 saturated heterocycles. The van der Waals surface area contributed by atoms with E-state index in [9.17, 15) is 18.3 Å². The average molecular weight is 497 g/mol. The zero-order valence-corrected chi connectivity index (χ0v) is 19.8. The van der Waals surface area contributed by atoms with Crippen LogP contribution in [0.4, 0.5) is 0 Å². The van der Waals surface area contributed by atoms with Gasteiger partial charge in [0.1, 0.15) is 0 Å². The number of halogens is 1. The summed E-state index contributed by atoms with van der Waals surface area (Å²) in [7, 11) is -3.49. The number of aromatic nitrogens is 3. The average Bonchev–Trinajstić information content (AvgIpc) is 3.44. The Kier molecular flexibility index (Phi) is 5.63. The molecule has 2 aromatic carbocycles. The van der Waals surface area contributed by atoms with Crippen LogP contribution in [-0.4, -0.2) is 64.7 Å². The minimum atomic E-state index is -3.49. The number of nitrogens with zero attached hydrogens (tertiary/aromatic N) is 3. The van der Waals surface area contributed by atoms with Crippen LogP contribution in [0.25, 0.3) is 33.5 Å². The fourth-order valence-electron chi connectivity index (χ4n) is 4.01. The van der Waals surface area contributed by atoms with Crippen LogP contribution in [-0.2, 0) is 9.84 Å². The molecular formula is C24H21ClN4O4S. The number of H-pyrrole nitrogens is 1. The normalized spacial score (nSPS) is 16.3. The van der Waals surface area contributed by atoms with E-state index in [0.717, 1.165) is 22.9 Å². The Morgan fingerprint density at radius 2 is 1.68 bits per heavy atom. The highest BCUT2D eigenvalue weighted by molar-refractivity contribution is 7.90. The lowest BCUT2D eigenvalue weighted by Gasteiger charge is -2.15. The summed E-state index contributed by atoms with van der Waals surface area (Å²) in [5.41, 5.74) is 4.48. The monoisotopic (exact) mass is 496 g/mol. The minimum absolute atomic E-state index is 0.0769. The Hall–Kier alpha value is -3.27. The zero-order valence-electron chi connectivity index (χ0n) is 18.2. The second-order valence-electron chi connectivity index (χ2n) is 8.35. The Morgan fingerprint density at radius 3 is 2.26 bits per heavy atom. The standard InChI is InChI=1S/C24H21ClN4O4S/c1-34(32,33)24-26-20-12-19(25)21(27-22(20)28-24)16-6-2-14(3-7-16)15-4-8-17(9-5-15)23(31)29-11-10-18(30)13-29/h2-9,12,18,30H,10-11,13H2,1H3,(H,26,27,28)/t18-/m1/s1. The third-order valence-corrected chi connectivity index (χ3v) is 7.01. The molecule has 4 aromatic rings. The van der Waals surface area contributed by atoms with Gasteiger partial charge in [-0.3, -0.25) is 4.79 Å². The number of likely N-dealkylation sites (tertiary alicyclic amines) is 1. The van der Waals surface area contributed by atoms with Gasteiger partial charge < -0.3 is 15.0 Å². The number of carbonyl (C=O) groups is 1. The Balaban J connectivity index is 1.39. The van der Waals surface area contributed by atoms with Gasteiger partial charge in [0, 0.05) is 30.5 Å². The number of sulfone groups is 1. The van der Waals surface area contributed by atoms with Crippen molar-refractivity contribution >= 4 is 38.5 Å². The molecule has 1 amide bonds. The summed E-state index contributed by atoms with van der Waals surface area (Å²) in [6, 6.07) is 16.6. The number of imidazole rings is 1. The van der Waals surface area contributed by atoms with E-state index in [1.165, 1.54) is 0 Å². The van der Waals surface area contributed by atoms with Crippen molar-refractivity contribution in [2.24, 2.45) is 0 Å². The van der Waals surface area contributed by atoms with Crippen LogP contribution < -0.4 is 0 Å². The molecule has 2 N–H and O–H groups in total. The molecule has 1 atom stereocenters. The molecule has 10 heteroatoms. The highest BCUT2D eigenvalue weighted by Crippen LogP contribution is 2.31. The maximum atomic E-state index is 12.6. The second-order valence-corrected chi connectivity index (χ2v) is 10.7. The van der Waals surface area contributed by atoms with Gasteiger partial charge >= 0.3 is 0 Å². The fourth-order valence-corrected chi connectivity index (χ4v) is 4.82. The molecule has 0 unspecified atom stereocenters. The molecule has 174 valence electrons. The Labute approximate surface area is 201 Å². The molecule has 0 saturated carbocycles. The molecule has 1 fully saturated rings. The van der Waals surface area contributed by atoms with E-state index in [2.05, 4.69) is 15.0 Å². The first-order chi connectivity index (χ1) is 16.2. The molecule has 34 heavy (non-hydrogen) atoms. The molecule has 5 rings (SSSR count). The van der Waals surface area contributed by atoms with E-state index in [1.54, 1.807) is 23.1 Å². The van der Waals surface area contributed by atoms with Crippen LogP contribution in [0.1, 0.15) is 16.8 Å². The number of aliphatic hydroxyl groups is 1. The maximum absolute atomic E-state index is 12.6. The second kappa shape index (κ2) is 8.50. The summed E-state index contributed by atoms with van der Waals surface area (Å²) in [5, 5.41) is 9.88. The Bertz CT molecular complexity index is 1500. The maximum Gasteiger partial charge on any atom is 0.253 e. The molecule has 3 heterocycles. The van der Waals surface area contributed by atoms with E-state index in [4.69, 9.17) is 11.6 Å². The number of rotatable bonds is 4. The largest absolute Gasteiger partial charge is 0.391 e. The number of aromatic amines is 1. The molecule has 8 nitrogen and oxygen atoms in total.